The number of carbonyl (C=O) groups is 1. The van der Waals surface area contributed by atoms with E-state index in [0.29, 0.717) is 27.5 Å². The average molecular weight is 299 g/mol. The van der Waals surface area contributed by atoms with Gasteiger partial charge in [0.15, 0.2) is 0 Å². The summed E-state index contributed by atoms with van der Waals surface area (Å²) in [6.45, 7) is 0. The molecule has 0 atom stereocenters. The number of nitrogen functional groups attached to an aromatic ring is 1. The number of aromatic nitrogens is 2. The molecular formula is C15H11ClN4O. The van der Waals surface area contributed by atoms with Crippen LogP contribution >= 0.6 is 11.6 Å². The van der Waals surface area contributed by atoms with Crippen LogP contribution in [0.2, 0.25) is 5.02 Å². The number of nitrogens with one attached hydrogen (secondary N) is 1. The van der Waals surface area contributed by atoms with Crippen LogP contribution in [0.5, 0.6) is 0 Å². The molecule has 1 heterocycles. The Labute approximate surface area is 125 Å². The van der Waals surface area contributed by atoms with Crippen LogP contribution in [-0.4, -0.2) is 15.9 Å². The Hall–Kier alpha value is -2.66. The van der Waals surface area contributed by atoms with Gasteiger partial charge >= 0.3 is 0 Å². The molecule has 21 heavy (non-hydrogen) atoms. The van der Waals surface area contributed by atoms with Crippen molar-refractivity contribution < 1.29 is 4.79 Å². The average Bonchev–Trinajstić information content (AvgIpc) is 2.50. The van der Waals surface area contributed by atoms with Crippen molar-refractivity contribution in [3.05, 3.63) is 59.4 Å². The van der Waals surface area contributed by atoms with Crippen LogP contribution in [0.15, 0.2) is 48.8 Å². The molecule has 0 radical (unpaired) electrons. The maximum Gasteiger partial charge on any atom is 0.255 e. The monoisotopic (exact) mass is 298 g/mol. The fourth-order valence-electron chi connectivity index (χ4n) is 1.94. The van der Waals surface area contributed by atoms with Crippen molar-refractivity contribution >= 4 is 39.9 Å². The van der Waals surface area contributed by atoms with E-state index in [2.05, 4.69) is 15.3 Å². The molecule has 0 aliphatic rings. The van der Waals surface area contributed by atoms with Crippen molar-refractivity contribution in [2.75, 3.05) is 11.1 Å². The first-order valence-corrected chi connectivity index (χ1v) is 6.58. The van der Waals surface area contributed by atoms with E-state index in [0.717, 1.165) is 5.52 Å². The summed E-state index contributed by atoms with van der Waals surface area (Å²) in [5, 5.41) is 3.16. The van der Waals surface area contributed by atoms with Gasteiger partial charge < -0.3 is 11.1 Å². The Morgan fingerprint density at radius 1 is 1.05 bits per heavy atom. The van der Waals surface area contributed by atoms with Crippen LogP contribution in [0.25, 0.3) is 11.0 Å². The number of benzene rings is 2. The molecule has 0 aliphatic heterocycles. The number of nitrogens with two attached hydrogens (primary N) is 1. The summed E-state index contributed by atoms with van der Waals surface area (Å²) in [4.78, 5) is 20.6. The first-order chi connectivity index (χ1) is 10.1. The van der Waals surface area contributed by atoms with Crippen LogP contribution in [-0.2, 0) is 0 Å². The van der Waals surface area contributed by atoms with Crippen molar-refractivity contribution in [1.82, 2.24) is 9.97 Å². The van der Waals surface area contributed by atoms with Crippen molar-refractivity contribution in [2.45, 2.75) is 0 Å². The lowest BCUT2D eigenvalue weighted by atomic mass is 10.1. The van der Waals surface area contributed by atoms with Crippen LogP contribution in [0, 0.1) is 0 Å². The summed E-state index contributed by atoms with van der Waals surface area (Å²) in [6.07, 6.45) is 3.19. The summed E-state index contributed by atoms with van der Waals surface area (Å²) in [5.41, 5.74) is 8.55. The molecule has 3 rings (SSSR count). The molecule has 3 aromatic rings. The van der Waals surface area contributed by atoms with Gasteiger partial charge in [-0.25, -0.2) is 0 Å². The summed E-state index contributed by atoms with van der Waals surface area (Å²) in [6, 6.07) is 10.0. The normalized spacial score (nSPS) is 10.5. The van der Waals surface area contributed by atoms with Gasteiger partial charge in [-0.2, -0.15) is 0 Å². The second kappa shape index (κ2) is 5.38. The predicted molar refractivity (Wildman–Crippen MR) is 83.4 cm³/mol. The molecule has 2 aromatic carbocycles. The molecule has 0 aliphatic carbocycles. The smallest absolute Gasteiger partial charge is 0.255 e. The Morgan fingerprint density at radius 3 is 2.62 bits per heavy atom. The molecule has 1 amide bonds. The van der Waals surface area contributed by atoms with E-state index in [-0.39, 0.29) is 5.91 Å². The highest BCUT2D eigenvalue weighted by Gasteiger charge is 2.10. The van der Waals surface area contributed by atoms with Crippen LogP contribution in [0.3, 0.4) is 0 Å². The number of rotatable bonds is 2. The highest BCUT2D eigenvalue weighted by molar-refractivity contribution is 6.34. The Bertz CT molecular complexity index is 835. The van der Waals surface area contributed by atoms with Gasteiger partial charge in [0.2, 0.25) is 0 Å². The number of amides is 1. The third-order valence-electron chi connectivity index (χ3n) is 2.97. The van der Waals surface area contributed by atoms with E-state index in [1.807, 2.05) is 0 Å². The first kappa shape index (κ1) is 13.3. The molecule has 104 valence electrons. The van der Waals surface area contributed by atoms with Crippen molar-refractivity contribution in [3.8, 4) is 0 Å². The lowest BCUT2D eigenvalue weighted by Gasteiger charge is -2.08. The van der Waals surface area contributed by atoms with E-state index in [4.69, 9.17) is 17.3 Å². The van der Waals surface area contributed by atoms with E-state index >= 15 is 0 Å². The summed E-state index contributed by atoms with van der Waals surface area (Å²) in [5.74, 6) is -0.282. The molecule has 0 spiro atoms. The molecule has 0 saturated heterocycles. The predicted octanol–water partition coefficient (Wildman–Crippen LogP) is 3.12. The number of halogens is 1. The topological polar surface area (TPSA) is 80.9 Å². The van der Waals surface area contributed by atoms with Gasteiger partial charge in [-0.05, 0) is 36.4 Å². The van der Waals surface area contributed by atoms with Crippen LogP contribution in [0.4, 0.5) is 11.4 Å². The third-order valence-corrected chi connectivity index (χ3v) is 3.30. The SMILES string of the molecule is Nc1ccc(Cl)c(NC(=O)c2ccc3nccnc3c2)c1. The fourth-order valence-corrected chi connectivity index (χ4v) is 2.10. The highest BCUT2D eigenvalue weighted by atomic mass is 35.5. The minimum atomic E-state index is -0.282. The standard InChI is InChI=1S/C15H11ClN4O/c16-11-3-2-10(17)8-13(11)20-15(21)9-1-4-12-14(7-9)19-6-5-18-12/h1-8H,17H2,(H,20,21). The Morgan fingerprint density at radius 2 is 1.81 bits per heavy atom. The Balaban J connectivity index is 1.91. The zero-order chi connectivity index (χ0) is 14.8. The maximum atomic E-state index is 12.3. The number of hydrogen-bond acceptors (Lipinski definition) is 4. The van der Waals surface area contributed by atoms with E-state index in [1.54, 1.807) is 48.8 Å². The van der Waals surface area contributed by atoms with Gasteiger partial charge in [-0.15, -0.1) is 0 Å². The number of carbonyl (C=O) groups excluding carboxylic acids is 1. The summed E-state index contributed by atoms with van der Waals surface area (Å²) < 4.78 is 0. The van der Waals surface area contributed by atoms with Crippen molar-refractivity contribution in [2.24, 2.45) is 0 Å². The van der Waals surface area contributed by atoms with Crippen LogP contribution in [0.1, 0.15) is 10.4 Å². The molecule has 0 bridgehead atoms. The number of nitrogens with zero attached hydrogens (tertiary/aromatic N) is 2. The van der Waals surface area contributed by atoms with E-state index in [9.17, 15) is 4.79 Å². The van der Waals surface area contributed by atoms with Gasteiger partial charge in [-0.1, -0.05) is 11.6 Å². The van der Waals surface area contributed by atoms with Gasteiger partial charge in [0, 0.05) is 23.6 Å². The second-order valence-corrected chi connectivity index (χ2v) is 4.86. The largest absolute Gasteiger partial charge is 0.399 e. The molecule has 1 aromatic heterocycles. The maximum absolute atomic E-state index is 12.3. The summed E-state index contributed by atoms with van der Waals surface area (Å²) in [7, 11) is 0. The zero-order valence-electron chi connectivity index (χ0n) is 10.9. The quantitative estimate of drug-likeness (QED) is 0.712. The second-order valence-electron chi connectivity index (χ2n) is 4.45. The number of hydrogen-bond donors (Lipinski definition) is 2. The minimum absolute atomic E-state index is 0.282. The molecular weight excluding hydrogens is 288 g/mol. The molecule has 0 saturated carbocycles. The van der Waals surface area contributed by atoms with Gasteiger partial charge in [-0.3, -0.25) is 14.8 Å². The van der Waals surface area contributed by atoms with E-state index < -0.39 is 0 Å². The lowest BCUT2D eigenvalue weighted by Crippen LogP contribution is -2.12. The molecule has 6 heteroatoms. The highest BCUT2D eigenvalue weighted by Crippen LogP contribution is 2.24. The van der Waals surface area contributed by atoms with Gasteiger partial charge in [0.1, 0.15) is 0 Å². The fraction of sp³-hybridized carbons (Fsp3) is 0. The lowest BCUT2D eigenvalue weighted by molar-refractivity contribution is 0.102. The number of anilines is 2. The van der Waals surface area contributed by atoms with E-state index in [1.165, 1.54) is 0 Å². The zero-order valence-corrected chi connectivity index (χ0v) is 11.6. The summed E-state index contributed by atoms with van der Waals surface area (Å²) >= 11 is 6.03. The molecule has 0 fully saturated rings. The molecule has 0 unspecified atom stereocenters. The molecule has 5 nitrogen and oxygen atoms in total. The van der Waals surface area contributed by atoms with Crippen molar-refractivity contribution in [1.29, 1.82) is 0 Å². The van der Waals surface area contributed by atoms with Crippen molar-refractivity contribution in [3.63, 3.8) is 0 Å². The minimum Gasteiger partial charge on any atom is -0.399 e. The van der Waals surface area contributed by atoms with Gasteiger partial charge in [0.25, 0.3) is 5.91 Å². The first-order valence-electron chi connectivity index (χ1n) is 6.20. The van der Waals surface area contributed by atoms with Crippen LogP contribution < -0.4 is 11.1 Å². The van der Waals surface area contributed by atoms with Gasteiger partial charge in [0.05, 0.1) is 21.7 Å². The molecule has 3 N–H and O–H groups in total. The number of fused-ring (bicyclic) bond motifs is 1. The third kappa shape index (κ3) is 2.78. The Kier molecular flexibility index (Phi) is 3.41.